The first-order chi connectivity index (χ1) is 11.8. The maximum absolute atomic E-state index is 12.0. The number of allylic oxidation sites excluding steroid dienone is 1. The molecule has 2 heteroatoms. The van der Waals surface area contributed by atoms with Crippen LogP contribution in [0.4, 0.5) is 0 Å². The zero-order valence-electron chi connectivity index (χ0n) is 13.1. The molecule has 1 unspecified atom stereocenters. The Balaban J connectivity index is 2.07. The number of hydrogen-bond acceptors (Lipinski definition) is 2. The van der Waals surface area contributed by atoms with Crippen LogP contribution in [-0.4, -0.2) is 12.6 Å². The maximum atomic E-state index is 12.0. The van der Waals surface area contributed by atoms with Crippen LogP contribution in [0.25, 0.3) is 16.8 Å². The van der Waals surface area contributed by atoms with E-state index in [1.54, 1.807) is 6.08 Å². The first-order valence-corrected chi connectivity index (χ1v) is 7.97. The quantitative estimate of drug-likeness (QED) is 0.531. The number of aldehydes is 2. The van der Waals surface area contributed by atoms with Crippen LogP contribution in [0, 0.1) is 5.41 Å². The van der Waals surface area contributed by atoms with Gasteiger partial charge >= 0.3 is 0 Å². The molecule has 0 aliphatic heterocycles. The summed E-state index contributed by atoms with van der Waals surface area (Å²) in [5, 5.41) is 2.18. The third kappa shape index (κ3) is 2.04. The van der Waals surface area contributed by atoms with E-state index in [-0.39, 0.29) is 5.92 Å². The molecular weight excluding hydrogens is 296 g/mol. The van der Waals surface area contributed by atoms with Crippen molar-refractivity contribution in [2.24, 2.45) is 5.41 Å². The zero-order valence-corrected chi connectivity index (χ0v) is 13.1. The molecule has 1 aliphatic rings. The third-order valence-corrected chi connectivity index (χ3v) is 4.90. The number of carbonyl (C=O) groups excluding carboxylic acids is 2. The summed E-state index contributed by atoms with van der Waals surface area (Å²) in [6, 6.07) is 22.1. The topological polar surface area (TPSA) is 34.1 Å². The molecule has 0 aromatic heterocycles. The van der Waals surface area contributed by atoms with E-state index < -0.39 is 5.41 Å². The lowest BCUT2D eigenvalue weighted by atomic mass is 9.66. The summed E-state index contributed by atoms with van der Waals surface area (Å²) >= 11 is 0. The van der Waals surface area contributed by atoms with Gasteiger partial charge in [0.2, 0.25) is 0 Å². The van der Waals surface area contributed by atoms with Gasteiger partial charge in [0.15, 0.2) is 0 Å². The highest BCUT2D eigenvalue weighted by Gasteiger charge is 2.42. The van der Waals surface area contributed by atoms with E-state index in [1.165, 1.54) is 0 Å². The Morgan fingerprint density at radius 2 is 1.42 bits per heavy atom. The fraction of sp³-hybridized carbons (Fsp3) is 0.0909. The lowest BCUT2D eigenvalue weighted by Gasteiger charge is -2.34. The maximum Gasteiger partial charge on any atom is 0.138 e. The molecule has 0 fully saturated rings. The predicted octanol–water partition coefficient (Wildman–Crippen LogP) is 4.38. The van der Waals surface area contributed by atoms with Crippen LogP contribution in [0.15, 0.2) is 72.8 Å². The van der Waals surface area contributed by atoms with E-state index in [0.717, 1.165) is 40.0 Å². The van der Waals surface area contributed by atoms with Gasteiger partial charge in [-0.25, -0.2) is 0 Å². The van der Waals surface area contributed by atoms with Crippen LogP contribution >= 0.6 is 0 Å². The Morgan fingerprint density at radius 1 is 0.750 bits per heavy atom. The number of fused-ring (bicyclic) bond motifs is 2. The van der Waals surface area contributed by atoms with Gasteiger partial charge in [-0.2, -0.15) is 0 Å². The van der Waals surface area contributed by atoms with Gasteiger partial charge in [-0.3, -0.25) is 0 Å². The second kappa shape index (κ2) is 5.57. The highest BCUT2D eigenvalue weighted by molar-refractivity contribution is 5.95. The van der Waals surface area contributed by atoms with Crippen molar-refractivity contribution < 1.29 is 9.59 Å². The molecule has 0 spiro atoms. The molecule has 0 amide bonds. The first kappa shape index (κ1) is 14.6. The van der Waals surface area contributed by atoms with Crippen LogP contribution < -0.4 is 0 Å². The molecule has 0 radical (unpaired) electrons. The normalized spacial score (nSPS) is 18.1. The summed E-state index contributed by atoms with van der Waals surface area (Å²) in [6.45, 7) is 0. The predicted molar refractivity (Wildman–Crippen MR) is 95.8 cm³/mol. The van der Waals surface area contributed by atoms with Crippen molar-refractivity contribution in [1.82, 2.24) is 0 Å². The summed E-state index contributed by atoms with van der Waals surface area (Å²) in [6.07, 6.45) is 5.17. The SMILES string of the molecule is O=CC1(C=O)C=Cc2ccccc2C1c1cccc2ccccc12. The Labute approximate surface area is 140 Å². The minimum atomic E-state index is -1.17. The van der Waals surface area contributed by atoms with E-state index in [4.69, 9.17) is 0 Å². The van der Waals surface area contributed by atoms with Crippen molar-refractivity contribution >= 4 is 29.4 Å². The highest BCUT2D eigenvalue weighted by Crippen LogP contribution is 2.46. The Hall–Kier alpha value is -3.00. The van der Waals surface area contributed by atoms with Crippen molar-refractivity contribution in [3.63, 3.8) is 0 Å². The zero-order chi connectivity index (χ0) is 16.6. The first-order valence-electron chi connectivity index (χ1n) is 7.97. The van der Waals surface area contributed by atoms with Gasteiger partial charge in [-0.15, -0.1) is 0 Å². The van der Waals surface area contributed by atoms with Crippen molar-refractivity contribution in [1.29, 1.82) is 0 Å². The van der Waals surface area contributed by atoms with Crippen LogP contribution in [0.3, 0.4) is 0 Å². The third-order valence-electron chi connectivity index (χ3n) is 4.90. The van der Waals surface area contributed by atoms with E-state index in [0.29, 0.717) is 0 Å². The molecule has 3 aromatic rings. The molecule has 0 heterocycles. The Bertz CT molecular complexity index is 955. The summed E-state index contributed by atoms with van der Waals surface area (Å²) in [5.74, 6) is -0.320. The number of carbonyl (C=O) groups is 2. The molecule has 1 aliphatic carbocycles. The van der Waals surface area contributed by atoms with Crippen molar-refractivity contribution in [3.8, 4) is 0 Å². The second-order valence-electron chi connectivity index (χ2n) is 6.20. The minimum absolute atomic E-state index is 0.320. The summed E-state index contributed by atoms with van der Waals surface area (Å²) < 4.78 is 0. The van der Waals surface area contributed by atoms with Crippen molar-refractivity contribution in [3.05, 3.63) is 89.5 Å². The summed E-state index contributed by atoms with van der Waals surface area (Å²) in [4.78, 5) is 23.9. The molecule has 1 atom stereocenters. The largest absolute Gasteiger partial charge is 0.302 e. The van der Waals surface area contributed by atoms with Crippen molar-refractivity contribution in [2.45, 2.75) is 5.92 Å². The van der Waals surface area contributed by atoms with Gasteiger partial charge in [0.1, 0.15) is 18.0 Å². The van der Waals surface area contributed by atoms with E-state index in [9.17, 15) is 9.59 Å². The van der Waals surface area contributed by atoms with Gasteiger partial charge in [-0.05, 0) is 27.5 Å². The summed E-state index contributed by atoms with van der Waals surface area (Å²) in [7, 11) is 0. The van der Waals surface area contributed by atoms with Crippen molar-refractivity contribution in [2.75, 3.05) is 0 Å². The fourth-order valence-corrected chi connectivity index (χ4v) is 3.71. The highest BCUT2D eigenvalue weighted by atomic mass is 16.1. The lowest BCUT2D eigenvalue weighted by molar-refractivity contribution is -0.124. The van der Waals surface area contributed by atoms with Crippen LogP contribution in [-0.2, 0) is 9.59 Å². The van der Waals surface area contributed by atoms with Gasteiger partial charge in [0, 0.05) is 5.92 Å². The molecule has 0 N–H and O–H groups in total. The molecule has 3 aromatic carbocycles. The number of hydrogen-bond donors (Lipinski definition) is 0. The van der Waals surface area contributed by atoms with Gasteiger partial charge < -0.3 is 9.59 Å². The van der Waals surface area contributed by atoms with E-state index in [2.05, 4.69) is 0 Å². The molecule has 116 valence electrons. The lowest BCUT2D eigenvalue weighted by Crippen LogP contribution is -2.33. The average Bonchev–Trinajstić information content (AvgIpc) is 2.66. The Kier molecular flexibility index (Phi) is 3.39. The molecule has 2 nitrogen and oxygen atoms in total. The molecular formula is C22H16O2. The molecule has 0 saturated carbocycles. The van der Waals surface area contributed by atoms with Gasteiger partial charge in [-0.1, -0.05) is 78.9 Å². The molecule has 0 saturated heterocycles. The van der Waals surface area contributed by atoms with E-state index >= 15 is 0 Å². The standard InChI is InChI=1S/C22H16O2/c23-14-22(15-24)13-12-17-7-2-4-10-19(17)21(22)20-11-5-8-16-6-1-3-9-18(16)20/h1-15,21H. The van der Waals surface area contributed by atoms with Crippen LogP contribution in [0.1, 0.15) is 22.6 Å². The molecule has 0 bridgehead atoms. The minimum Gasteiger partial charge on any atom is -0.302 e. The van der Waals surface area contributed by atoms with Crippen LogP contribution in [0.5, 0.6) is 0 Å². The van der Waals surface area contributed by atoms with Gasteiger partial charge in [0.25, 0.3) is 0 Å². The smallest absolute Gasteiger partial charge is 0.138 e. The number of benzene rings is 3. The monoisotopic (exact) mass is 312 g/mol. The summed E-state index contributed by atoms with van der Waals surface area (Å²) in [5.41, 5.74) is 1.90. The average molecular weight is 312 g/mol. The van der Waals surface area contributed by atoms with Crippen LogP contribution in [0.2, 0.25) is 0 Å². The molecule has 4 rings (SSSR count). The van der Waals surface area contributed by atoms with E-state index in [1.807, 2.05) is 72.8 Å². The molecule has 24 heavy (non-hydrogen) atoms. The Morgan fingerprint density at radius 3 is 2.25 bits per heavy atom. The second-order valence-corrected chi connectivity index (χ2v) is 6.20. The number of rotatable bonds is 3. The van der Waals surface area contributed by atoms with Gasteiger partial charge in [0.05, 0.1) is 0 Å². The fourth-order valence-electron chi connectivity index (χ4n) is 3.71.